The van der Waals surface area contributed by atoms with Crippen LogP contribution in [0.1, 0.15) is 0 Å². The molecule has 0 bridgehead atoms. The molecular weight excluding hydrogens is 966 g/mol. The number of hydrogen-bond donors (Lipinski definition) is 0. The maximum absolute atomic E-state index is 6.74. The Morgan fingerprint density at radius 3 is 0.772 bits per heavy atom. The molecule has 0 saturated carbocycles. The van der Waals surface area contributed by atoms with Gasteiger partial charge in [-0.3, -0.25) is 0 Å². The molecule has 12 aromatic carbocycles. The highest BCUT2D eigenvalue weighted by Crippen LogP contribution is 2.43. The van der Waals surface area contributed by atoms with Gasteiger partial charge >= 0.3 is 0 Å². The average Bonchev–Trinajstić information content (AvgIpc) is 4.27. The molecule has 6 nitrogen and oxygen atoms in total. The van der Waals surface area contributed by atoms with Crippen LogP contribution in [0.2, 0.25) is 0 Å². The molecule has 7 heteroatoms. The number of para-hydroxylation sites is 6. The van der Waals surface area contributed by atoms with Crippen molar-refractivity contribution in [1.29, 1.82) is 0 Å². The third kappa shape index (κ3) is 5.96. The topological polar surface area (TPSA) is 54.2 Å². The Bertz CT molecular complexity index is 5000. The molecule has 79 heavy (non-hydrogen) atoms. The highest BCUT2D eigenvalue weighted by Gasteiger charge is 2.26. The van der Waals surface area contributed by atoms with Crippen molar-refractivity contribution in [2.75, 3.05) is 0 Å². The number of nitrogens with zero attached hydrogens (tertiary/aromatic N) is 3. The van der Waals surface area contributed by atoms with Crippen LogP contribution in [0.5, 0.6) is 0 Å². The van der Waals surface area contributed by atoms with Gasteiger partial charge in [-0.15, -0.1) is 0 Å². The molecule has 0 saturated heterocycles. The number of aromatic nitrogens is 3. The van der Waals surface area contributed by atoms with E-state index in [1.165, 1.54) is 32.5 Å². The zero-order valence-corrected chi connectivity index (χ0v) is 42.4. The van der Waals surface area contributed by atoms with Crippen molar-refractivity contribution in [3.8, 4) is 17.1 Å². The summed E-state index contributed by atoms with van der Waals surface area (Å²) in [6.07, 6.45) is 0. The van der Waals surface area contributed by atoms with E-state index in [2.05, 4.69) is 250 Å². The lowest BCUT2D eigenvalue weighted by Gasteiger charge is -2.18. The van der Waals surface area contributed by atoms with Crippen molar-refractivity contribution in [1.82, 2.24) is 13.7 Å². The molecule has 18 rings (SSSR count). The fourth-order valence-corrected chi connectivity index (χ4v) is 13.5. The van der Waals surface area contributed by atoms with Gasteiger partial charge in [0.1, 0.15) is 16.7 Å². The van der Waals surface area contributed by atoms with Gasteiger partial charge in [0.2, 0.25) is 6.71 Å². The van der Waals surface area contributed by atoms with E-state index in [0.29, 0.717) is 0 Å². The Labute approximate surface area is 450 Å². The second-order valence-corrected chi connectivity index (χ2v) is 21.1. The van der Waals surface area contributed by atoms with Crippen molar-refractivity contribution in [3.63, 3.8) is 0 Å². The lowest BCUT2D eigenvalue weighted by atomic mass is 9.37. The van der Waals surface area contributed by atoms with E-state index in [0.717, 1.165) is 132 Å². The van der Waals surface area contributed by atoms with E-state index in [4.69, 9.17) is 13.3 Å². The Kier molecular flexibility index (Phi) is 8.66. The molecule has 0 N–H and O–H groups in total. The molecule has 366 valence electrons. The predicted octanol–water partition coefficient (Wildman–Crippen LogP) is 17.2. The van der Waals surface area contributed by atoms with Gasteiger partial charge in [-0.1, -0.05) is 180 Å². The molecule has 0 fully saturated rings. The fraction of sp³-hybridized carbons (Fsp3) is 0. The first-order valence-corrected chi connectivity index (χ1v) is 27.0. The van der Waals surface area contributed by atoms with Crippen LogP contribution in [-0.4, -0.2) is 20.4 Å². The van der Waals surface area contributed by atoms with Gasteiger partial charge in [-0.2, -0.15) is 0 Å². The van der Waals surface area contributed by atoms with Gasteiger partial charge in [-0.05, 0) is 91.0 Å². The number of benzene rings is 12. The molecule has 0 aliphatic rings. The Morgan fingerprint density at radius 2 is 0.468 bits per heavy atom. The number of hydrogen-bond acceptors (Lipinski definition) is 3. The Balaban J connectivity index is 0.821. The summed E-state index contributed by atoms with van der Waals surface area (Å²) in [5.74, 6) is 0. The van der Waals surface area contributed by atoms with Crippen LogP contribution in [-0.2, 0) is 0 Å². The molecule has 0 aliphatic heterocycles. The molecule has 0 spiro atoms. The van der Waals surface area contributed by atoms with Crippen LogP contribution in [0.25, 0.3) is 148 Å². The minimum atomic E-state index is -0.113. The highest BCUT2D eigenvalue weighted by atomic mass is 16.3. The third-order valence-corrected chi connectivity index (χ3v) is 17.0. The standard InChI is InChI=1S/C72H42BN3O3/c1-7-19-61-49(13-1)55-37-40-58-52-16-4-10-22-64(52)77-70(58)67(55)74(61)46-31-25-43(26-32-46)73(44-27-33-47(34-28-44)75-62-20-8-2-14-50(62)56-38-41-59-53-17-5-11-23-65(53)78-71(59)68(56)75)45-29-35-48(36-30-45)76-63-21-9-3-15-51(63)57-39-42-60-54-18-6-12-24-66(54)79-72(60)69(57)76/h1-42H. The lowest BCUT2D eigenvalue weighted by molar-refractivity contribution is 0.670. The lowest BCUT2D eigenvalue weighted by Crippen LogP contribution is -2.52. The summed E-state index contributed by atoms with van der Waals surface area (Å²) in [6, 6.07) is 92.1. The summed E-state index contributed by atoms with van der Waals surface area (Å²) in [4.78, 5) is 0. The summed E-state index contributed by atoms with van der Waals surface area (Å²) in [7, 11) is 0. The van der Waals surface area contributed by atoms with Gasteiger partial charge in [-0.25, -0.2) is 0 Å². The maximum Gasteiger partial charge on any atom is 0.241 e. The number of furan rings is 3. The second kappa shape index (κ2) is 16.0. The predicted molar refractivity (Wildman–Crippen MR) is 329 cm³/mol. The molecule has 0 unspecified atom stereocenters. The zero-order valence-electron chi connectivity index (χ0n) is 42.4. The Morgan fingerprint density at radius 1 is 0.215 bits per heavy atom. The van der Waals surface area contributed by atoms with Crippen LogP contribution in [0, 0.1) is 0 Å². The molecule has 6 heterocycles. The molecule has 0 aliphatic carbocycles. The normalized spacial score (nSPS) is 12.3. The third-order valence-electron chi connectivity index (χ3n) is 17.0. The van der Waals surface area contributed by atoms with E-state index in [1.807, 2.05) is 18.2 Å². The Hall–Kier alpha value is -10.5. The second-order valence-electron chi connectivity index (χ2n) is 21.1. The van der Waals surface area contributed by atoms with Gasteiger partial charge < -0.3 is 27.0 Å². The van der Waals surface area contributed by atoms with Crippen LogP contribution in [0.15, 0.2) is 268 Å². The molecule has 18 aromatic rings. The van der Waals surface area contributed by atoms with Crippen molar-refractivity contribution in [3.05, 3.63) is 255 Å². The molecule has 0 amide bonds. The minimum absolute atomic E-state index is 0.113. The summed E-state index contributed by atoms with van der Waals surface area (Å²) in [6.45, 7) is -0.113. The van der Waals surface area contributed by atoms with Gasteiger partial charge in [0.15, 0.2) is 16.7 Å². The minimum Gasteiger partial charge on any atom is -0.454 e. The number of fused-ring (bicyclic) bond motifs is 21. The van der Waals surface area contributed by atoms with Crippen LogP contribution in [0.4, 0.5) is 0 Å². The van der Waals surface area contributed by atoms with Crippen LogP contribution in [0.3, 0.4) is 0 Å². The fourth-order valence-electron chi connectivity index (χ4n) is 13.5. The van der Waals surface area contributed by atoms with E-state index in [9.17, 15) is 0 Å². The van der Waals surface area contributed by atoms with E-state index in [1.54, 1.807) is 0 Å². The van der Waals surface area contributed by atoms with Gasteiger partial charge in [0, 0.05) is 81.7 Å². The SMILES string of the molecule is c1ccc2c(c1)oc1c2ccc2c3ccccc3n(-c3ccc(B(c4ccc(-n5c6ccccc6c6ccc7c8ccccc8oc7c65)cc4)c4ccc(-n5c6ccccc6c6ccc7c8ccccc8oc7c65)cc4)cc3)c21. The van der Waals surface area contributed by atoms with Gasteiger partial charge in [0.25, 0.3) is 0 Å². The smallest absolute Gasteiger partial charge is 0.241 e. The summed E-state index contributed by atoms with van der Waals surface area (Å²) < 4.78 is 27.4. The largest absolute Gasteiger partial charge is 0.454 e. The molecular formula is C72H42BN3O3. The quantitative estimate of drug-likeness (QED) is 0.156. The van der Waals surface area contributed by atoms with Crippen molar-refractivity contribution < 1.29 is 13.3 Å². The first-order valence-electron chi connectivity index (χ1n) is 27.0. The van der Waals surface area contributed by atoms with Crippen LogP contribution < -0.4 is 16.4 Å². The summed E-state index contributed by atoms with van der Waals surface area (Å²) >= 11 is 0. The average molecular weight is 1010 g/mol. The molecule has 0 radical (unpaired) electrons. The van der Waals surface area contributed by atoms with Gasteiger partial charge in [0.05, 0.1) is 33.1 Å². The summed E-state index contributed by atoms with van der Waals surface area (Å²) in [5.41, 5.74) is 18.7. The maximum atomic E-state index is 6.74. The molecule has 0 atom stereocenters. The van der Waals surface area contributed by atoms with E-state index in [-0.39, 0.29) is 6.71 Å². The first kappa shape index (κ1) is 42.7. The monoisotopic (exact) mass is 1010 g/mol. The van der Waals surface area contributed by atoms with E-state index >= 15 is 0 Å². The summed E-state index contributed by atoms with van der Waals surface area (Å²) in [5, 5.41) is 13.8. The van der Waals surface area contributed by atoms with Crippen molar-refractivity contribution in [2.24, 2.45) is 0 Å². The highest BCUT2D eigenvalue weighted by molar-refractivity contribution is 6.95. The van der Waals surface area contributed by atoms with Crippen LogP contribution >= 0.6 is 0 Å². The van der Waals surface area contributed by atoms with Crippen molar-refractivity contribution in [2.45, 2.75) is 0 Å². The van der Waals surface area contributed by atoms with E-state index < -0.39 is 0 Å². The van der Waals surface area contributed by atoms with Crippen molar-refractivity contribution >= 4 is 154 Å². The first-order chi connectivity index (χ1) is 39.2. The molecule has 6 aromatic heterocycles. The zero-order chi connectivity index (χ0) is 51.4. The number of rotatable bonds is 6.